The van der Waals surface area contributed by atoms with Gasteiger partial charge in [-0.15, -0.1) is 5.10 Å². The van der Waals surface area contributed by atoms with Crippen LogP contribution in [0.4, 0.5) is 5.82 Å². The molecule has 0 aliphatic heterocycles. The Morgan fingerprint density at radius 3 is 2.93 bits per heavy atom. The molecular formula is C10H16N4S. The van der Waals surface area contributed by atoms with Gasteiger partial charge in [-0.2, -0.15) is 5.10 Å². The second-order valence-electron chi connectivity index (χ2n) is 3.41. The maximum Gasteiger partial charge on any atom is 0.161 e. The maximum atomic E-state index is 5.62. The Morgan fingerprint density at radius 1 is 1.60 bits per heavy atom. The summed E-state index contributed by atoms with van der Waals surface area (Å²) in [4.78, 5) is 2.40. The third kappa shape index (κ3) is 3.13. The van der Waals surface area contributed by atoms with Crippen LogP contribution in [-0.2, 0) is 0 Å². The van der Waals surface area contributed by atoms with Crippen LogP contribution in [0.15, 0.2) is 12.3 Å². The van der Waals surface area contributed by atoms with Gasteiger partial charge in [-0.3, -0.25) is 0 Å². The van der Waals surface area contributed by atoms with Gasteiger partial charge in [0.05, 0.1) is 11.8 Å². The topological polar surface area (TPSA) is 55.0 Å². The van der Waals surface area contributed by atoms with Crippen LogP contribution in [0, 0.1) is 0 Å². The van der Waals surface area contributed by atoms with Gasteiger partial charge >= 0.3 is 0 Å². The van der Waals surface area contributed by atoms with Crippen molar-refractivity contribution < 1.29 is 0 Å². The van der Waals surface area contributed by atoms with Gasteiger partial charge in [-0.05, 0) is 12.5 Å². The summed E-state index contributed by atoms with van der Waals surface area (Å²) in [6.07, 6.45) is 3.86. The first kappa shape index (κ1) is 11.8. The Labute approximate surface area is 95.5 Å². The fourth-order valence-corrected chi connectivity index (χ4v) is 1.46. The van der Waals surface area contributed by atoms with E-state index in [9.17, 15) is 0 Å². The molecule has 0 saturated carbocycles. The van der Waals surface area contributed by atoms with Crippen molar-refractivity contribution in [2.24, 2.45) is 5.73 Å². The number of nitrogens with zero attached hydrogens (tertiary/aromatic N) is 3. The summed E-state index contributed by atoms with van der Waals surface area (Å²) in [6, 6.07) is 1.80. The number of unbranched alkanes of at least 4 members (excludes halogenated alkanes) is 1. The number of anilines is 1. The quantitative estimate of drug-likeness (QED) is 0.765. The molecule has 2 N–H and O–H groups in total. The number of hydrogen-bond donors (Lipinski definition) is 1. The maximum absolute atomic E-state index is 5.62. The molecule has 0 atom stereocenters. The van der Waals surface area contributed by atoms with Crippen molar-refractivity contribution >= 4 is 23.0 Å². The second-order valence-corrected chi connectivity index (χ2v) is 3.85. The molecule has 0 bridgehead atoms. The Kier molecular flexibility index (Phi) is 4.42. The zero-order valence-electron chi connectivity index (χ0n) is 9.10. The van der Waals surface area contributed by atoms with Crippen LogP contribution < -0.4 is 10.6 Å². The van der Waals surface area contributed by atoms with E-state index >= 15 is 0 Å². The van der Waals surface area contributed by atoms with E-state index in [0.717, 1.165) is 30.8 Å². The van der Waals surface area contributed by atoms with Crippen LogP contribution in [0.5, 0.6) is 0 Å². The van der Waals surface area contributed by atoms with Crippen LogP contribution in [-0.4, -0.2) is 28.8 Å². The van der Waals surface area contributed by atoms with Crippen molar-refractivity contribution in [3.05, 3.63) is 17.8 Å². The molecule has 5 heteroatoms. The third-order valence-corrected chi connectivity index (χ3v) is 2.40. The Bertz CT molecular complexity index is 340. The normalized spacial score (nSPS) is 10.0. The first-order valence-electron chi connectivity index (χ1n) is 4.99. The van der Waals surface area contributed by atoms with Gasteiger partial charge in [0.1, 0.15) is 4.99 Å². The zero-order chi connectivity index (χ0) is 11.3. The van der Waals surface area contributed by atoms with E-state index in [1.807, 2.05) is 11.9 Å². The van der Waals surface area contributed by atoms with Gasteiger partial charge in [-0.1, -0.05) is 25.6 Å². The van der Waals surface area contributed by atoms with Crippen LogP contribution in [0.25, 0.3) is 0 Å². The smallest absolute Gasteiger partial charge is 0.161 e. The lowest BCUT2D eigenvalue weighted by Crippen LogP contribution is -2.24. The molecule has 4 nitrogen and oxygen atoms in total. The van der Waals surface area contributed by atoms with E-state index < -0.39 is 0 Å². The lowest BCUT2D eigenvalue weighted by atomic mass is 10.2. The first-order valence-corrected chi connectivity index (χ1v) is 5.40. The number of hydrogen-bond acceptors (Lipinski definition) is 4. The molecule has 0 fully saturated rings. The van der Waals surface area contributed by atoms with Crippen molar-refractivity contribution in [2.45, 2.75) is 19.8 Å². The predicted molar refractivity (Wildman–Crippen MR) is 66.1 cm³/mol. The first-order chi connectivity index (χ1) is 7.16. The molecule has 0 aliphatic carbocycles. The summed E-state index contributed by atoms with van der Waals surface area (Å²) in [5, 5.41) is 7.91. The summed E-state index contributed by atoms with van der Waals surface area (Å²) in [6.45, 7) is 3.09. The lowest BCUT2D eigenvalue weighted by molar-refractivity contribution is 0.752. The zero-order valence-corrected chi connectivity index (χ0v) is 9.92. The molecule has 0 spiro atoms. The van der Waals surface area contributed by atoms with Crippen LogP contribution in [0.3, 0.4) is 0 Å². The number of rotatable bonds is 5. The van der Waals surface area contributed by atoms with Gasteiger partial charge in [-0.25, -0.2) is 0 Å². The average Bonchev–Trinajstić information content (AvgIpc) is 2.25. The fourth-order valence-electron chi connectivity index (χ4n) is 1.30. The van der Waals surface area contributed by atoms with Crippen molar-refractivity contribution in [3.63, 3.8) is 0 Å². The summed E-state index contributed by atoms with van der Waals surface area (Å²) in [5.41, 5.74) is 6.41. The van der Waals surface area contributed by atoms with Gasteiger partial charge < -0.3 is 10.6 Å². The number of aromatic nitrogens is 2. The van der Waals surface area contributed by atoms with E-state index in [-0.39, 0.29) is 0 Å². The molecule has 82 valence electrons. The molecule has 1 rings (SSSR count). The third-order valence-electron chi connectivity index (χ3n) is 2.18. The highest BCUT2D eigenvalue weighted by atomic mass is 32.1. The molecule has 1 aromatic rings. The van der Waals surface area contributed by atoms with Crippen molar-refractivity contribution in [2.75, 3.05) is 18.5 Å². The molecule has 0 unspecified atom stereocenters. The summed E-state index contributed by atoms with van der Waals surface area (Å²) < 4.78 is 0. The molecule has 1 heterocycles. The second kappa shape index (κ2) is 5.60. The van der Waals surface area contributed by atoms with E-state index in [0.29, 0.717) is 4.99 Å². The van der Waals surface area contributed by atoms with Crippen molar-refractivity contribution in [1.29, 1.82) is 0 Å². The Hall–Kier alpha value is -1.23. The minimum absolute atomic E-state index is 0.364. The minimum Gasteiger partial charge on any atom is -0.389 e. The molecule has 1 aromatic heterocycles. The van der Waals surface area contributed by atoms with Gasteiger partial charge in [0.25, 0.3) is 0 Å². The highest BCUT2D eigenvalue weighted by Crippen LogP contribution is 2.14. The Balaban J connectivity index is 2.87. The predicted octanol–water partition coefficient (Wildman–Crippen LogP) is 1.35. The highest BCUT2D eigenvalue weighted by Gasteiger charge is 2.10. The average molecular weight is 224 g/mol. The fraction of sp³-hybridized carbons (Fsp3) is 0.500. The van der Waals surface area contributed by atoms with Gasteiger partial charge in [0.2, 0.25) is 0 Å². The molecule has 0 radical (unpaired) electrons. The monoisotopic (exact) mass is 224 g/mol. The highest BCUT2D eigenvalue weighted by molar-refractivity contribution is 7.80. The molecule has 0 saturated heterocycles. The van der Waals surface area contributed by atoms with E-state index in [2.05, 4.69) is 17.1 Å². The summed E-state index contributed by atoms with van der Waals surface area (Å²) in [5.74, 6) is 0.762. The standard InChI is InChI=1S/C10H16N4S/c1-3-4-7-14(2)10-8(9(11)15)5-6-12-13-10/h5-6H,3-4,7H2,1-2H3,(H2,11,15). The summed E-state index contributed by atoms with van der Waals surface area (Å²) >= 11 is 4.96. The van der Waals surface area contributed by atoms with Crippen LogP contribution in [0.1, 0.15) is 25.3 Å². The Morgan fingerprint density at radius 2 is 2.33 bits per heavy atom. The number of nitrogens with two attached hydrogens (primary N) is 1. The number of thiocarbonyl (C=S) groups is 1. The minimum atomic E-state index is 0.364. The molecule has 15 heavy (non-hydrogen) atoms. The van der Waals surface area contributed by atoms with Gasteiger partial charge in [0.15, 0.2) is 5.82 Å². The molecule has 0 amide bonds. The summed E-state index contributed by atoms with van der Waals surface area (Å²) in [7, 11) is 1.97. The molecular weight excluding hydrogens is 208 g/mol. The SMILES string of the molecule is CCCCN(C)c1nnccc1C(N)=S. The van der Waals surface area contributed by atoms with Crippen LogP contribution in [0.2, 0.25) is 0 Å². The van der Waals surface area contributed by atoms with Gasteiger partial charge in [0, 0.05) is 13.6 Å². The van der Waals surface area contributed by atoms with E-state index in [4.69, 9.17) is 18.0 Å². The molecule has 0 aromatic carbocycles. The van der Waals surface area contributed by atoms with Crippen LogP contribution >= 0.6 is 12.2 Å². The van der Waals surface area contributed by atoms with E-state index in [1.165, 1.54) is 0 Å². The van der Waals surface area contributed by atoms with E-state index in [1.54, 1.807) is 12.3 Å². The van der Waals surface area contributed by atoms with Crippen molar-refractivity contribution in [1.82, 2.24) is 10.2 Å². The largest absolute Gasteiger partial charge is 0.389 e. The van der Waals surface area contributed by atoms with Crippen molar-refractivity contribution in [3.8, 4) is 0 Å². The lowest BCUT2D eigenvalue weighted by Gasteiger charge is -2.19. The molecule has 0 aliphatic rings.